The summed E-state index contributed by atoms with van der Waals surface area (Å²) in [6.07, 6.45) is 0. The third kappa shape index (κ3) is 5.53. The van der Waals surface area contributed by atoms with Crippen molar-refractivity contribution in [2.75, 3.05) is 26.7 Å². The molecule has 0 atom stereocenters. The normalized spacial score (nSPS) is 11.1. The fourth-order valence-corrected chi connectivity index (χ4v) is 1.80. The molecule has 1 aromatic carbocycles. The summed E-state index contributed by atoms with van der Waals surface area (Å²) in [5.74, 6) is 1.31. The largest absolute Gasteiger partial charge is 0.492 e. The summed E-state index contributed by atoms with van der Waals surface area (Å²) in [4.78, 5) is 2.22. The maximum Gasteiger partial charge on any atom is 0.488 e. The van der Waals surface area contributed by atoms with Crippen molar-refractivity contribution in [1.82, 2.24) is 4.90 Å². The predicted molar refractivity (Wildman–Crippen MR) is 74.1 cm³/mol. The molecule has 0 unspecified atom stereocenters. The molecule has 1 rings (SSSR count). The van der Waals surface area contributed by atoms with Crippen LogP contribution in [-0.2, 0) is 0 Å². The quantitative estimate of drug-likeness (QED) is 0.686. The number of nitrogens with zero attached hydrogens (tertiary/aromatic N) is 1. The number of hydrogen-bond acceptors (Lipinski definition) is 4. The second-order valence-corrected chi connectivity index (χ2v) is 4.95. The standard InChI is InChI=1S/C13H22BNO3/c1-11(2)10-15(3)7-8-18-13-6-4-5-12(9-13)14(16)17/h4-6,9,11,16-17H,7-8,10H2,1-3H3. The van der Waals surface area contributed by atoms with Crippen molar-refractivity contribution < 1.29 is 14.8 Å². The lowest BCUT2D eigenvalue weighted by molar-refractivity contribution is 0.223. The van der Waals surface area contributed by atoms with Crippen molar-refractivity contribution >= 4 is 12.6 Å². The van der Waals surface area contributed by atoms with Gasteiger partial charge in [0.25, 0.3) is 0 Å². The summed E-state index contributed by atoms with van der Waals surface area (Å²) in [5, 5.41) is 18.1. The van der Waals surface area contributed by atoms with E-state index in [4.69, 9.17) is 14.8 Å². The van der Waals surface area contributed by atoms with Crippen LogP contribution in [0, 0.1) is 5.92 Å². The monoisotopic (exact) mass is 251 g/mol. The molecule has 0 saturated carbocycles. The topological polar surface area (TPSA) is 52.9 Å². The highest BCUT2D eigenvalue weighted by Crippen LogP contribution is 2.07. The Morgan fingerprint density at radius 3 is 2.67 bits per heavy atom. The van der Waals surface area contributed by atoms with E-state index in [1.54, 1.807) is 18.2 Å². The maximum atomic E-state index is 9.05. The number of rotatable bonds is 7. The van der Waals surface area contributed by atoms with E-state index >= 15 is 0 Å². The molecule has 0 heterocycles. The minimum atomic E-state index is -1.45. The highest BCUT2D eigenvalue weighted by atomic mass is 16.5. The Hall–Kier alpha value is -1.04. The van der Waals surface area contributed by atoms with Gasteiger partial charge < -0.3 is 19.7 Å². The molecule has 0 spiro atoms. The second kappa shape index (κ2) is 7.41. The molecule has 18 heavy (non-hydrogen) atoms. The van der Waals surface area contributed by atoms with Crippen LogP contribution >= 0.6 is 0 Å². The number of likely N-dealkylation sites (N-methyl/N-ethyl adjacent to an activating group) is 1. The van der Waals surface area contributed by atoms with E-state index in [2.05, 4.69) is 25.8 Å². The lowest BCUT2D eigenvalue weighted by Crippen LogP contribution is -2.30. The van der Waals surface area contributed by atoms with Gasteiger partial charge in [0.15, 0.2) is 0 Å². The fraction of sp³-hybridized carbons (Fsp3) is 0.538. The van der Waals surface area contributed by atoms with E-state index in [0.717, 1.165) is 13.1 Å². The molecule has 0 aliphatic heterocycles. The Labute approximate surface area is 109 Å². The molecule has 2 N–H and O–H groups in total. The fourth-order valence-electron chi connectivity index (χ4n) is 1.80. The van der Waals surface area contributed by atoms with Crippen LogP contribution in [0.15, 0.2) is 24.3 Å². The molecular formula is C13H22BNO3. The molecule has 0 aliphatic rings. The average molecular weight is 251 g/mol. The van der Waals surface area contributed by atoms with Gasteiger partial charge in [0.1, 0.15) is 12.4 Å². The van der Waals surface area contributed by atoms with Gasteiger partial charge in [-0.1, -0.05) is 26.0 Å². The number of ether oxygens (including phenoxy) is 1. The lowest BCUT2D eigenvalue weighted by atomic mass is 9.80. The summed E-state index contributed by atoms with van der Waals surface area (Å²) in [6.45, 7) is 6.85. The Kier molecular flexibility index (Phi) is 6.19. The molecule has 4 nitrogen and oxygen atoms in total. The molecule has 0 aliphatic carbocycles. The molecule has 0 bridgehead atoms. The second-order valence-electron chi connectivity index (χ2n) is 4.95. The number of hydrogen-bond donors (Lipinski definition) is 2. The molecule has 0 fully saturated rings. The van der Waals surface area contributed by atoms with Crippen LogP contribution in [0.5, 0.6) is 5.75 Å². The van der Waals surface area contributed by atoms with Crippen LogP contribution in [0.2, 0.25) is 0 Å². The van der Waals surface area contributed by atoms with E-state index < -0.39 is 7.12 Å². The molecule has 0 saturated heterocycles. The molecular weight excluding hydrogens is 229 g/mol. The van der Waals surface area contributed by atoms with E-state index in [1.807, 2.05) is 6.07 Å². The Morgan fingerprint density at radius 1 is 1.33 bits per heavy atom. The first-order chi connectivity index (χ1) is 8.49. The number of benzene rings is 1. The van der Waals surface area contributed by atoms with E-state index in [1.165, 1.54) is 0 Å². The smallest absolute Gasteiger partial charge is 0.488 e. The lowest BCUT2D eigenvalue weighted by Gasteiger charge is -2.19. The van der Waals surface area contributed by atoms with Gasteiger partial charge in [-0.3, -0.25) is 0 Å². The first-order valence-corrected chi connectivity index (χ1v) is 6.26. The summed E-state index contributed by atoms with van der Waals surface area (Å²) in [6, 6.07) is 6.87. The third-order valence-corrected chi connectivity index (χ3v) is 2.57. The average Bonchev–Trinajstić information content (AvgIpc) is 2.28. The predicted octanol–water partition coefficient (Wildman–Crippen LogP) is 0.333. The zero-order chi connectivity index (χ0) is 13.5. The van der Waals surface area contributed by atoms with Gasteiger partial charge >= 0.3 is 7.12 Å². The molecule has 0 amide bonds. The van der Waals surface area contributed by atoms with Crippen LogP contribution in [0.25, 0.3) is 0 Å². The van der Waals surface area contributed by atoms with Crippen molar-refractivity contribution in [1.29, 1.82) is 0 Å². The molecule has 0 aromatic heterocycles. The van der Waals surface area contributed by atoms with Crippen LogP contribution < -0.4 is 10.2 Å². The van der Waals surface area contributed by atoms with Crippen LogP contribution in [0.1, 0.15) is 13.8 Å². The molecule has 5 heteroatoms. The highest BCUT2D eigenvalue weighted by molar-refractivity contribution is 6.58. The first-order valence-electron chi connectivity index (χ1n) is 6.26. The van der Waals surface area contributed by atoms with E-state index in [0.29, 0.717) is 23.7 Å². The third-order valence-electron chi connectivity index (χ3n) is 2.57. The van der Waals surface area contributed by atoms with E-state index in [-0.39, 0.29) is 0 Å². The molecule has 100 valence electrons. The van der Waals surface area contributed by atoms with Gasteiger partial charge in [-0.25, -0.2) is 0 Å². The van der Waals surface area contributed by atoms with Crippen LogP contribution in [0.3, 0.4) is 0 Å². The van der Waals surface area contributed by atoms with Gasteiger partial charge in [0.05, 0.1) is 0 Å². The summed E-state index contributed by atoms with van der Waals surface area (Å²) in [5.41, 5.74) is 0.447. The van der Waals surface area contributed by atoms with Gasteiger partial charge in [0, 0.05) is 13.1 Å². The summed E-state index contributed by atoms with van der Waals surface area (Å²) >= 11 is 0. The Balaban J connectivity index is 2.37. The summed E-state index contributed by atoms with van der Waals surface area (Å²) in [7, 11) is 0.620. The van der Waals surface area contributed by atoms with Crippen molar-refractivity contribution in [3.8, 4) is 5.75 Å². The molecule has 0 radical (unpaired) electrons. The first kappa shape index (κ1) is 15.0. The van der Waals surface area contributed by atoms with Gasteiger partial charge in [0.2, 0.25) is 0 Å². The van der Waals surface area contributed by atoms with Crippen molar-refractivity contribution in [3.05, 3.63) is 24.3 Å². The van der Waals surface area contributed by atoms with Crippen molar-refractivity contribution in [2.24, 2.45) is 5.92 Å². The van der Waals surface area contributed by atoms with E-state index in [9.17, 15) is 0 Å². The zero-order valence-corrected chi connectivity index (χ0v) is 11.3. The maximum absolute atomic E-state index is 9.05. The minimum absolute atomic E-state index is 0.447. The summed E-state index contributed by atoms with van der Waals surface area (Å²) < 4.78 is 5.59. The highest BCUT2D eigenvalue weighted by Gasteiger charge is 2.11. The molecule has 1 aromatic rings. The van der Waals surface area contributed by atoms with Crippen LogP contribution in [0.4, 0.5) is 0 Å². The minimum Gasteiger partial charge on any atom is -0.492 e. The van der Waals surface area contributed by atoms with Gasteiger partial charge in [-0.2, -0.15) is 0 Å². The zero-order valence-electron chi connectivity index (χ0n) is 11.3. The van der Waals surface area contributed by atoms with Gasteiger partial charge in [-0.05, 0) is 30.6 Å². The Morgan fingerprint density at radius 2 is 2.06 bits per heavy atom. The SMILES string of the molecule is CC(C)CN(C)CCOc1cccc(B(O)O)c1. The van der Waals surface area contributed by atoms with Crippen LogP contribution in [-0.4, -0.2) is 48.8 Å². The Bertz CT molecular complexity index is 358. The van der Waals surface area contributed by atoms with Crippen molar-refractivity contribution in [3.63, 3.8) is 0 Å². The van der Waals surface area contributed by atoms with Crippen molar-refractivity contribution in [2.45, 2.75) is 13.8 Å². The van der Waals surface area contributed by atoms with Gasteiger partial charge in [-0.15, -0.1) is 0 Å².